The predicted molar refractivity (Wildman–Crippen MR) is 94.7 cm³/mol. The number of carbonyl (C=O) groups is 1. The van der Waals surface area contributed by atoms with Crippen molar-refractivity contribution in [2.45, 2.75) is 0 Å². The van der Waals surface area contributed by atoms with Gasteiger partial charge in [-0.2, -0.15) is 0 Å². The molecule has 0 N–H and O–H groups in total. The number of carbonyl (C=O) groups excluding carboxylic acids is 1. The topological polar surface area (TPSA) is 17.1 Å². The van der Waals surface area contributed by atoms with Crippen LogP contribution in [0, 0.1) is 0 Å². The Morgan fingerprint density at radius 1 is 0.696 bits per heavy atom. The van der Waals surface area contributed by atoms with Gasteiger partial charge in [-0.15, -0.1) is 0 Å². The molecule has 0 amide bonds. The van der Waals surface area contributed by atoms with Crippen LogP contribution in [0.5, 0.6) is 0 Å². The minimum absolute atomic E-state index is 0.0110. The van der Waals surface area contributed by atoms with Crippen molar-refractivity contribution in [2.75, 3.05) is 0 Å². The molecule has 1 nitrogen and oxygen atoms in total. The molecule has 23 heavy (non-hydrogen) atoms. The number of allylic oxidation sites excluding steroid dienone is 1. The molecular weight excluding hydrogens is 304 g/mol. The maximum Gasteiger partial charge on any atom is 0.186 e. The van der Waals surface area contributed by atoms with Crippen LogP contribution >= 0.6 is 11.6 Å². The fraction of sp³-hybridized carbons (Fsp3) is 0. The number of ketones is 1. The molecule has 0 aromatic heterocycles. The second-order valence-corrected chi connectivity index (χ2v) is 5.96. The maximum atomic E-state index is 12.6. The second-order valence-electron chi connectivity index (χ2n) is 5.52. The lowest BCUT2D eigenvalue weighted by Crippen LogP contribution is -1.96. The van der Waals surface area contributed by atoms with Gasteiger partial charge in [-0.25, -0.2) is 0 Å². The Labute approximate surface area is 139 Å². The highest BCUT2D eigenvalue weighted by atomic mass is 35.5. The molecule has 1 aliphatic rings. The first-order chi connectivity index (χ1) is 11.2. The van der Waals surface area contributed by atoms with Gasteiger partial charge in [0.05, 0.1) is 0 Å². The maximum absolute atomic E-state index is 12.6. The summed E-state index contributed by atoms with van der Waals surface area (Å²) in [5.41, 5.74) is 6.20. The summed E-state index contributed by atoms with van der Waals surface area (Å²) in [7, 11) is 0. The molecule has 0 heterocycles. The number of halogens is 1. The first-order valence-corrected chi connectivity index (χ1v) is 7.82. The van der Waals surface area contributed by atoms with Gasteiger partial charge in [0.1, 0.15) is 0 Å². The van der Waals surface area contributed by atoms with E-state index in [1.165, 1.54) is 11.1 Å². The molecule has 2 heteroatoms. The van der Waals surface area contributed by atoms with Gasteiger partial charge in [0.2, 0.25) is 0 Å². The van der Waals surface area contributed by atoms with Gasteiger partial charge in [-0.3, -0.25) is 4.79 Å². The summed E-state index contributed by atoms with van der Waals surface area (Å²) in [5.74, 6) is -0.0110. The minimum atomic E-state index is -0.0110. The van der Waals surface area contributed by atoms with E-state index in [-0.39, 0.29) is 5.78 Å². The summed E-state index contributed by atoms with van der Waals surface area (Å²) in [4.78, 5) is 12.6. The lowest BCUT2D eigenvalue weighted by Gasteiger charge is -2.03. The Balaban J connectivity index is 1.85. The molecule has 0 radical (unpaired) electrons. The Morgan fingerprint density at radius 2 is 1.17 bits per heavy atom. The highest BCUT2D eigenvalue weighted by Crippen LogP contribution is 2.43. The van der Waals surface area contributed by atoms with Crippen molar-refractivity contribution in [3.8, 4) is 11.1 Å². The number of hydrogen-bond donors (Lipinski definition) is 0. The van der Waals surface area contributed by atoms with Crippen LogP contribution in [0.1, 0.15) is 21.5 Å². The van der Waals surface area contributed by atoms with Crippen molar-refractivity contribution in [3.63, 3.8) is 0 Å². The summed E-state index contributed by atoms with van der Waals surface area (Å²) in [5, 5.41) is 0.630. The predicted octanol–water partition coefficient (Wildman–Crippen LogP) is 5.64. The standard InChI is InChI=1S/C21H13ClO/c22-15-11-9-14(10-12-15)21(23)13-20-18-7-3-1-5-16(18)17-6-2-4-8-19(17)20/h1-13H. The Kier molecular flexibility index (Phi) is 3.36. The van der Waals surface area contributed by atoms with E-state index in [9.17, 15) is 4.79 Å². The summed E-state index contributed by atoms with van der Waals surface area (Å²) in [6, 6.07) is 23.4. The quantitative estimate of drug-likeness (QED) is 0.346. The van der Waals surface area contributed by atoms with Crippen LogP contribution in [-0.2, 0) is 0 Å². The van der Waals surface area contributed by atoms with Crippen LogP contribution < -0.4 is 0 Å². The van der Waals surface area contributed by atoms with E-state index in [4.69, 9.17) is 11.6 Å². The van der Waals surface area contributed by atoms with Crippen LogP contribution in [0.2, 0.25) is 5.02 Å². The van der Waals surface area contributed by atoms with E-state index >= 15 is 0 Å². The zero-order valence-corrected chi connectivity index (χ0v) is 13.0. The van der Waals surface area contributed by atoms with Gasteiger partial charge >= 0.3 is 0 Å². The van der Waals surface area contributed by atoms with Crippen LogP contribution in [0.25, 0.3) is 16.7 Å². The third kappa shape index (κ3) is 2.39. The third-order valence-electron chi connectivity index (χ3n) is 4.13. The van der Waals surface area contributed by atoms with Gasteiger partial charge in [0, 0.05) is 10.6 Å². The summed E-state index contributed by atoms with van der Waals surface area (Å²) in [6.07, 6.45) is 1.73. The van der Waals surface area contributed by atoms with Crippen molar-refractivity contribution in [1.82, 2.24) is 0 Å². The molecule has 4 rings (SSSR count). The number of rotatable bonds is 2. The first kappa shape index (κ1) is 14.0. The summed E-state index contributed by atoms with van der Waals surface area (Å²) in [6.45, 7) is 0. The smallest absolute Gasteiger partial charge is 0.186 e. The first-order valence-electron chi connectivity index (χ1n) is 7.45. The number of hydrogen-bond acceptors (Lipinski definition) is 1. The largest absolute Gasteiger partial charge is 0.289 e. The van der Waals surface area contributed by atoms with Gasteiger partial charge in [-0.1, -0.05) is 60.1 Å². The third-order valence-corrected chi connectivity index (χ3v) is 4.38. The van der Waals surface area contributed by atoms with Gasteiger partial charge < -0.3 is 0 Å². The molecule has 0 fully saturated rings. The second kappa shape index (κ2) is 5.53. The van der Waals surface area contributed by atoms with Crippen molar-refractivity contribution < 1.29 is 4.79 Å². The molecule has 0 atom stereocenters. The summed E-state index contributed by atoms with van der Waals surface area (Å²) >= 11 is 5.89. The van der Waals surface area contributed by atoms with Crippen molar-refractivity contribution in [1.29, 1.82) is 0 Å². The Bertz CT molecular complexity index is 889. The van der Waals surface area contributed by atoms with Crippen molar-refractivity contribution in [3.05, 3.63) is 101 Å². The van der Waals surface area contributed by atoms with E-state index in [2.05, 4.69) is 24.3 Å². The zero-order chi connectivity index (χ0) is 15.8. The average molecular weight is 317 g/mol. The van der Waals surface area contributed by atoms with Gasteiger partial charge in [0.25, 0.3) is 0 Å². The molecule has 0 aliphatic heterocycles. The number of benzene rings is 3. The fourth-order valence-corrected chi connectivity index (χ4v) is 3.16. The fourth-order valence-electron chi connectivity index (χ4n) is 3.03. The lowest BCUT2D eigenvalue weighted by molar-refractivity contribution is 0.104. The molecule has 0 saturated heterocycles. The molecule has 3 aromatic carbocycles. The van der Waals surface area contributed by atoms with Crippen LogP contribution in [0.4, 0.5) is 0 Å². The SMILES string of the molecule is O=C(C=C1c2ccccc2-c2ccccc21)c1ccc(Cl)cc1. The average Bonchev–Trinajstić information content (AvgIpc) is 2.90. The van der Waals surface area contributed by atoms with E-state index in [1.807, 2.05) is 24.3 Å². The van der Waals surface area contributed by atoms with E-state index < -0.39 is 0 Å². The van der Waals surface area contributed by atoms with E-state index in [0.717, 1.165) is 16.7 Å². The molecule has 0 unspecified atom stereocenters. The molecule has 1 aliphatic carbocycles. The molecule has 3 aromatic rings. The summed E-state index contributed by atoms with van der Waals surface area (Å²) < 4.78 is 0. The molecule has 110 valence electrons. The highest BCUT2D eigenvalue weighted by Gasteiger charge is 2.23. The lowest BCUT2D eigenvalue weighted by atomic mass is 10.0. The highest BCUT2D eigenvalue weighted by molar-refractivity contribution is 6.30. The van der Waals surface area contributed by atoms with Crippen LogP contribution in [0.15, 0.2) is 78.9 Å². The minimum Gasteiger partial charge on any atom is -0.289 e. The Morgan fingerprint density at radius 3 is 1.70 bits per heavy atom. The normalized spacial score (nSPS) is 11.8. The monoisotopic (exact) mass is 316 g/mol. The van der Waals surface area contributed by atoms with Gasteiger partial charge in [0.15, 0.2) is 5.78 Å². The molecule has 0 bridgehead atoms. The molecule has 0 saturated carbocycles. The zero-order valence-electron chi connectivity index (χ0n) is 12.3. The van der Waals surface area contributed by atoms with Crippen LogP contribution in [0.3, 0.4) is 0 Å². The number of fused-ring (bicyclic) bond motifs is 3. The van der Waals surface area contributed by atoms with Gasteiger partial charge in [-0.05, 0) is 58.2 Å². The van der Waals surface area contributed by atoms with E-state index in [0.29, 0.717) is 10.6 Å². The van der Waals surface area contributed by atoms with E-state index in [1.54, 1.807) is 30.3 Å². The van der Waals surface area contributed by atoms with Crippen molar-refractivity contribution in [2.24, 2.45) is 0 Å². The Hall–Kier alpha value is -2.64. The molecular formula is C21H13ClO. The van der Waals surface area contributed by atoms with Crippen LogP contribution in [-0.4, -0.2) is 5.78 Å². The molecule has 0 spiro atoms. The van der Waals surface area contributed by atoms with Crippen molar-refractivity contribution >= 4 is 23.0 Å².